The molecule has 0 radical (unpaired) electrons. The molecule has 16 heavy (non-hydrogen) atoms. The molecule has 1 rings (SSSR count). The summed E-state index contributed by atoms with van der Waals surface area (Å²) in [4.78, 5) is 0. The predicted octanol–water partition coefficient (Wildman–Crippen LogP) is 2.76. The summed E-state index contributed by atoms with van der Waals surface area (Å²) in [7, 11) is 0. The Labute approximate surface area is 87.8 Å². The molecule has 0 fully saturated rings. The Morgan fingerprint density at radius 2 is 1.44 bits per heavy atom. The molecule has 1 aromatic rings. The van der Waals surface area contributed by atoms with E-state index in [1.165, 1.54) is 6.07 Å². The average molecular weight is 235 g/mol. The van der Waals surface area contributed by atoms with Crippen LogP contribution in [0.4, 0.5) is 17.6 Å². The van der Waals surface area contributed by atoms with Gasteiger partial charge in [0.25, 0.3) is 0 Å². The summed E-state index contributed by atoms with van der Waals surface area (Å²) in [6.45, 7) is -6.29. The van der Waals surface area contributed by atoms with Gasteiger partial charge in [0, 0.05) is 0 Å². The molecule has 0 spiro atoms. The molecule has 3 nitrogen and oxygen atoms in total. The van der Waals surface area contributed by atoms with Gasteiger partial charge in [-0.1, -0.05) is 6.07 Å². The third-order valence-corrected chi connectivity index (χ3v) is 1.53. The molecular weight excluding hydrogens is 230 g/mol. The lowest BCUT2D eigenvalue weighted by atomic mass is 10.2. The van der Waals surface area contributed by atoms with E-state index in [2.05, 4.69) is 9.47 Å². The Morgan fingerprint density at radius 3 is 1.75 bits per heavy atom. The molecule has 0 saturated heterocycles. The van der Waals surface area contributed by atoms with Gasteiger partial charge in [0.2, 0.25) is 0 Å². The van der Waals surface area contributed by atoms with E-state index in [0.717, 1.165) is 18.2 Å². The molecule has 86 valence electrons. The first-order chi connectivity index (χ1) is 7.54. The number of hydrogen-bond acceptors (Lipinski definition) is 3. The minimum absolute atomic E-state index is 0.497. The number of hydrogen-bond donors (Lipinski definition) is 0. The second kappa shape index (κ2) is 5.21. The van der Waals surface area contributed by atoms with Gasteiger partial charge < -0.3 is 9.47 Å². The first-order valence-electron chi connectivity index (χ1n) is 3.97. The van der Waals surface area contributed by atoms with Crippen LogP contribution >= 0.6 is 0 Å². The fraction of sp³-hybridized carbons (Fsp3) is 0.222. The lowest BCUT2D eigenvalue weighted by Crippen LogP contribution is -2.07. The van der Waals surface area contributed by atoms with Crippen molar-refractivity contribution in [1.82, 2.24) is 0 Å². The van der Waals surface area contributed by atoms with Crippen molar-refractivity contribution in [3.8, 4) is 17.6 Å². The van der Waals surface area contributed by atoms with E-state index < -0.39 is 30.3 Å². The maximum atomic E-state index is 11.9. The summed E-state index contributed by atoms with van der Waals surface area (Å²) in [6, 6.07) is 4.74. The Balaban J connectivity index is 3.06. The zero-order chi connectivity index (χ0) is 12.1. The molecule has 7 heteroatoms. The van der Waals surface area contributed by atoms with Crippen LogP contribution in [-0.2, 0) is 0 Å². The quantitative estimate of drug-likeness (QED) is 0.753. The van der Waals surface area contributed by atoms with E-state index in [0.29, 0.717) is 0 Å². The van der Waals surface area contributed by atoms with Gasteiger partial charge in [0.15, 0.2) is 0 Å². The van der Waals surface area contributed by atoms with E-state index in [-0.39, 0.29) is 0 Å². The zero-order valence-corrected chi connectivity index (χ0v) is 7.66. The minimum Gasteiger partial charge on any atom is -0.433 e. The van der Waals surface area contributed by atoms with Crippen LogP contribution in [-0.4, -0.2) is 13.2 Å². The van der Waals surface area contributed by atoms with Crippen LogP contribution in [0, 0.1) is 11.3 Å². The second-order valence-electron chi connectivity index (χ2n) is 2.50. The summed E-state index contributed by atoms with van der Waals surface area (Å²) in [5, 5.41) is 8.63. The second-order valence-corrected chi connectivity index (χ2v) is 2.50. The number of alkyl halides is 4. The maximum absolute atomic E-state index is 11.9. The van der Waals surface area contributed by atoms with E-state index in [9.17, 15) is 17.6 Å². The van der Waals surface area contributed by atoms with Gasteiger partial charge in [-0.3, -0.25) is 0 Å². The highest BCUT2D eigenvalue weighted by Gasteiger charge is 2.16. The molecule has 1 aromatic carbocycles. The van der Waals surface area contributed by atoms with Gasteiger partial charge in [0.05, 0.1) is 0 Å². The zero-order valence-electron chi connectivity index (χ0n) is 7.66. The van der Waals surface area contributed by atoms with Crippen molar-refractivity contribution in [1.29, 1.82) is 5.26 Å². The molecule has 0 bridgehead atoms. The Kier molecular flexibility index (Phi) is 3.94. The van der Waals surface area contributed by atoms with Gasteiger partial charge in [-0.15, -0.1) is 0 Å². The summed E-state index contributed by atoms with van der Waals surface area (Å²) in [6.07, 6.45) is 0. The SMILES string of the molecule is N#Cc1c(OC(F)F)cccc1OC(F)F. The van der Waals surface area contributed by atoms with E-state index in [4.69, 9.17) is 5.26 Å². The van der Waals surface area contributed by atoms with Crippen molar-refractivity contribution in [2.24, 2.45) is 0 Å². The average Bonchev–Trinajstić information content (AvgIpc) is 2.16. The van der Waals surface area contributed by atoms with Gasteiger partial charge in [-0.2, -0.15) is 22.8 Å². The highest BCUT2D eigenvalue weighted by molar-refractivity contribution is 5.52. The maximum Gasteiger partial charge on any atom is 0.387 e. The van der Waals surface area contributed by atoms with E-state index in [1.54, 1.807) is 0 Å². The summed E-state index contributed by atoms with van der Waals surface area (Å²) in [5.41, 5.74) is -0.497. The molecule has 0 aliphatic carbocycles. The standard InChI is InChI=1S/C9H5F4NO2/c10-8(11)15-6-2-1-3-7(5(6)4-14)16-9(12)13/h1-3,8-9H. The monoisotopic (exact) mass is 235 g/mol. The lowest BCUT2D eigenvalue weighted by molar-refractivity contribution is -0.0546. The fourth-order valence-electron chi connectivity index (χ4n) is 1.01. The highest BCUT2D eigenvalue weighted by Crippen LogP contribution is 2.29. The van der Waals surface area contributed by atoms with Gasteiger partial charge in [-0.25, -0.2) is 0 Å². The van der Waals surface area contributed by atoms with Crippen molar-refractivity contribution in [2.75, 3.05) is 0 Å². The molecule has 0 aliphatic rings. The molecular formula is C9H5F4NO2. The van der Waals surface area contributed by atoms with Gasteiger partial charge in [-0.05, 0) is 12.1 Å². The van der Waals surface area contributed by atoms with Crippen molar-refractivity contribution >= 4 is 0 Å². The van der Waals surface area contributed by atoms with Crippen LogP contribution in [0.5, 0.6) is 11.5 Å². The fourth-order valence-corrected chi connectivity index (χ4v) is 1.01. The minimum atomic E-state index is -3.14. The number of ether oxygens (including phenoxy) is 2. The van der Waals surface area contributed by atoms with Gasteiger partial charge >= 0.3 is 13.2 Å². The molecule has 0 aromatic heterocycles. The summed E-state index contributed by atoms with van der Waals surface area (Å²) < 4.78 is 55.6. The third-order valence-electron chi connectivity index (χ3n) is 1.53. The van der Waals surface area contributed by atoms with Gasteiger partial charge in [0.1, 0.15) is 23.1 Å². The lowest BCUT2D eigenvalue weighted by Gasteiger charge is -2.10. The van der Waals surface area contributed by atoms with E-state index >= 15 is 0 Å². The molecule has 0 heterocycles. The van der Waals surface area contributed by atoms with Crippen molar-refractivity contribution in [3.05, 3.63) is 23.8 Å². The Hall–Kier alpha value is -1.97. The summed E-state index contributed by atoms with van der Waals surface area (Å²) >= 11 is 0. The van der Waals surface area contributed by atoms with Crippen molar-refractivity contribution < 1.29 is 27.0 Å². The van der Waals surface area contributed by atoms with Crippen molar-refractivity contribution in [3.63, 3.8) is 0 Å². The number of rotatable bonds is 4. The van der Waals surface area contributed by atoms with Crippen LogP contribution in [0.3, 0.4) is 0 Å². The Morgan fingerprint density at radius 1 is 1.00 bits per heavy atom. The Bertz CT molecular complexity index is 375. The van der Waals surface area contributed by atoms with Crippen LogP contribution < -0.4 is 9.47 Å². The first-order valence-corrected chi connectivity index (χ1v) is 3.97. The smallest absolute Gasteiger partial charge is 0.387 e. The molecule has 0 amide bonds. The molecule has 0 aliphatic heterocycles. The van der Waals surface area contributed by atoms with Crippen molar-refractivity contribution in [2.45, 2.75) is 13.2 Å². The van der Waals surface area contributed by atoms with Crippen LogP contribution in [0.1, 0.15) is 5.56 Å². The number of nitriles is 1. The topological polar surface area (TPSA) is 42.2 Å². The normalized spacial score (nSPS) is 10.3. The van der Waals surface area contributed by atoms with E-state index in [1.807, 2.05) is 0 Å². The molecule has 0 atom stereocenters. The predicted molar refractivity (Wildman–Crippen MR) is 44.4 cm³/mol. The van der Waals surface area contributed by atoms with Crippen LogP contribution in [0.15, 0.2) is 18.2 Å². The first kappa shape index (κ1) is 12.1. The number of benzene rings is 1. The molecule has 0 unspecified atom stereocenters. The molecule has 0 saturated carbocycles. The third kappa shape index (κ3) is 3.02. The number of halogens is 4. The summed E-state index contributed by atoms with van der Waals surface area (Å²) in [5.74, 6) is -1.01. The highest BCUT2D eigenvalue weighted by atomic mass is 19.3. The molecule has 0 N–H and O–H groups in total. The largest absolute Gasteiger partial charge is 0.433 e. The van der Waals surface area contributed by atoms with Crippen LogP contribution in [0.2, 0.25) is 0 Å². The van der Waals surface area contributed by atoms with Crippen LogP contribution in [0.25, 0.3) is 0 Å². The number of nitrogens with zero attached hydrogens (tertiary/aromatic N) is 1.